The largest absolute Gasteiger partial charge is 0.469 e. The fourth-order valence-corrected chi connectivity index (χ4v) is 5.75. The minimum absolute atomic E-state index is 0.243. The average molecular weight is 486 g/mol. The zero-order valence-corrected chi connectivity index (χ0v) is 20.9. The summed E-state index contributed by atoms with van der Waals surface area (Å²) in [6.45, 7) is 8.99. The van der Waals surface area contributed by atoms with Gasteiger partial charge in [-0.25, -0.2) is 4.39 Å². The summed E-state index contributed by atoms with van der Waals surface area (Å²) in [6, 6.07) is 10.5. The van der Waals surface area contributed by atoms with Gasteiger partial charge in [0.2, 0.25) is 0 Å². The Hall–Kier alpha value is -2.71. The molecule has 2 aliphatic rings. The van der Waals surface area contributed by atoms with Crippen molar-refractivity contribution in [2.24, 2.45) is 0 Å². The van der Waals surface area contributed by atoms with Crippen LogP contribution in [0.3, 0.4) is 0 Å². The van der Waals surface area contributed by atoms with E-state index in [1.807, 2.05) is 36.2 Å². The lowest BCUT2D eigenvalue weighted by Crippen LogP contribution is -2.21. The van der Waals surface area contributed by atoms with Crippen molar-refractivity contribution in [3.8, 4) is 0 Å². The minimum Gasteiger partial charge on any atom is -0.469 e. The van der Waals surface area contributed by atoms with Crippen molar-refractivity contribution in [2.45, 2.75) is 31.6 Å². The number of anilines is 1. The van der Waals surface area contributed by atoms with E-state index in [1.54, 1.807) is 30.1 Å². The Morgan fingerprint density at radius 2 is 2.00 bits per heavy atom. The van der Waals surface area contributed by atoms with Crippen molar-refractivity contribution in [1.82, 2.24) is 9.88 Å². The van der Waals surface area contributed by atoms with Gasteiger partial charge in [0.1, 0.15) is 5.82 Å². The zero-order chi connectivity index (χ0) is 24.0. The molecule has 0 saturated carbocycles. The van der Waals surface area contributed by atoms with Gasteiger partial charge < -0.3 is 14.5 Å². The van der Waals surface area contributed by atoms with E-state index in [0.29, 0.717) is 6.54 Å². The molecule has 0 atom stereocenters. The maximum Gasteiger partial charge on any atom is 0.307 e. The van der Waals surface area contributed by atoms with Crippen LogP contribution >= 0.6 is 23.5 Å². The molecule has 33 heavy (non-hydrogen) atoms. The second kappa shape index (κ2) is 11.4. The number of hydrogen-bond donors (Lipinski definition) is 0. The van der Waals surface area contributed by atoms with Crippen molar-refractivity contribution in [3.05, 3.63) is 81.3 Å². The highest BCUT2D eigenvalue weighted by molar-refractivity contribution is 8.09. The molecule has 0 bridgehead atoms. The summed E-state index contributed by atoms with van der Waals surface area (Å²) in [7, 11) is 3.35. The molecule has 0 unspecified atom stereocenters. The highest BCUT2D eigenvalue weighted by Crippen LogP contribution is 2.54. The minimum atomic E-state index is -0.277. The van der Waals surface area contributed by atoms with E-state index in [9.17, 15) is 9.18 Å². The normalized spacial score (nSPS) is 18.3. The van der Waals surface area contributed by atoms with Crippen molar-refractivity contribution in [1.29, 1.82) is 0 Å². The van der Waals surface area contributed by atoms with Gasteiger partial charge in [0.25, 0.3) is 0 Å². The maximum absolute atomic E-state index is 13.7. The van der Waals surface area contributed by atoms with E-state index in [0.717, 1.165) is 36.9 Å². The van der Waals surface area contributed by atoms with Crippen LogP contribution in [0.15, 0.2) is 74.7 Å². The Morgan fingerprint density at radius 1 is 1.24 bits per heavy atom. The average Bonchev–Trinajstić information content (AvgIpc) is 3.28. The SMILES string of the molecule is C=C1/C(=C2\Sc3cc(F)ccc3N2C)S/C(=C\c2ccccn2)N1CCC(=O)OC.CCC. The number of carbonyl (C=O) groups excluding carboxylic acids is 1. The number of pyridine rings is 1. The first-order valence-corrected chi connectivity index (χ1v) is 12.3. The number of thioether (sulfide) groups is 2. The van der Waals surface area contributed by atoms with Crippen LogP contribution in [0.25, 0.3) is 6.08 Å². The number of ether oxygens (including phenoxy) is 1. The number of rotatable bonds is 4. The monoisotopic (exact) mass is 485 g/mol. The smallest absolute Gasteiger partial charge is 0.307 e. The molecule has 1 fully saturated rings. The number of carbonyl (C=O) groups is 1. The van der Waals surface area contributed by atoms with Crippen LogP contribution in [-0.4, -0.2) is 36.6 Å². The van der Waals surface area contributed by atoms with Gasteiger partial charge in [-0.05, 0) is 36.4 Å². The van der Waals surface area contributed by atoms with Crippen LogP contribution < -0.4 is 4.90 Å². The lowest BCUT2D eigenvalue weighted by atomic mass is 10.3. The van der Waals surface area contributed by atoms with Gasteiger partial charge in [0.15, 0.2) is 0 Å². The fourth-order valence-electron chi connectivity index (χ4n) is 3.21. The van der Waals surface area contributed by atoms with Crippen molar-refractivity contribution in [3.63, 3.8) is 0 Å². The quantitative estimate of drug-likeness (QED) is 0.460. The molecule has 1 aromatic heterocycles. The summed E-state index contributed by atoms with van der Waals surface area (Å²) in [6.07, 6.45) is 5.21. The van der Waals surface area contributed by atoms with Crippen LogP contribution in [0.2, 0.25) is 0 Å². The van der Waals surface area contributed by atoms with Gasteiger partial charge in [-0.2, -0.15) is 0 Å². The molecule has 1 aromatic carbocycles. The van der Waals surface area contributed by atoms with Crippen LogP contribution in [0, 0.1) is 5.82 Å². The molecule has 0 radical (unpaired) electrons. The second-order valence-corrected chi connectivity index (χ2v) is 9.44. The molecule has 8 heteroatoms. The third kappa shape index (κ3) is 5.81. The van der Waals surface area contributed by atoms with E-state index in [2.05, 4.69) is 30.3 Å². The molecule has 3 heterocycles. The number of hydrogen-bond acceptors (Lipinski definition) is 7. The van der Waals surface area contributed by atoms with Crippen LogP contribution in [0.4, 0.5) is 10.1 Å². The van der Waals surface area contributed by atoms with E-state index >= 15 is 0 Å². The molecular formula is C25H28FN3O2S2. The van der Waals surface area contributed by atoms with Crippen LogP contribution in [0.5, 0.6) is 0 Å². The molecule has 2 aromatic rings. The van der Waals surface area contributed by atoms with E-state index in [4.69, 9.17) is 4.74 Å². The predicted molar refractivity (Wildman–Crippen MR) is 136 cm³/mol. The highest BCUT2D eigenvalue weighted by Gasteiger charge is 2.34. The molecule has 4 rings (SSSR count). The Balaban J connectivity index is 0.000000968. The number of aromatic nitrogens is 1. The maximum atomic E-state index is 13.7. The topological polar surface area (TPSA) is 45.7 Å². The molecular weight excluding hydrogens is 457 g/mol. The summed E-state index contributed by atoms with van der Waals surface area (Å²) < 4.78 is 18.5. The van der Waals surface area contributed by atoms with Crippen molar-refractivity contribution in [2.75, 3.05) is 25.6 Å². The molecule has 2 aliphatic heterocycles. The molecule has 0 amide bonds. The lowest BCUT2D eigenvalue weighted by Gasteiger charge is -2.20. The standard InChI is InChI=1S/C22H20FN3O2S2.C3H8/c1-14-21(22-25(2)17-8-7-15(23)12-18(17)29-22)30-19(13-16-6-4-5-10-24-16)26(14)11-9-20(27)28-3;1-3-2/h4-8,10,12-13H,1,9,11H2,2-3H3;3H2,1-2H3/b19-13-,22-21+;. The number of halogens is 1. The highest BCUT2D eigenvalue weighted by atomic mass is 32.2. The Kier molecular flexibility index (Phi) is 8.63. The number of nitrogens with zero attached hydrogens (tertiary/aromatic N) is 3. The fraction of sp³-hybridized carbons (Fsp3) is 0.280. The van der Waals surface area contributed by atoms with E-state index in [1.165, 1.54) is 31.4 Å². The Bertz CT molecular complexity index is 1090. The second-order valence-electron chi connectivity index (χ2n) is 7.38. The Morgan fingerprint density at radius 3 is 2.67 bits per heavy atom. The summed E-state index contributed by atoms with van der Waals surface area (Å²) in [5.41, 5.74) is 2.58. The van der Waals surface area contributed by atoms with Crippen molar-refractivity contribution < 1.29 is 13.9 Å². The van der Waals surface area contributed by atoms with Gasteiger partial charge in [0, 0.05) is 24.7 Å². The first kappa shape index (κ1) is 24.9. The number of methoxy groups -OCH3 is 1. The molecule has 5 nitrogen and oxygen atoms in total. The number of esters is 1. The van der Waals surface area contributed by atoms with Crippen LogP contribution in [0.1, 0.15) is 32.4 Å². The molecule has 1 saturated heterocycles. The third-order valence-corrected chi connectivity index (χ3v) is 7.30. The van der Waals surface area contributed by atoms with Gasteiger partial charge in [0.05, 0.1) is 45.6 Å². The molecule has 0 aliphatic carbocycles. The van der Waals surface area contributed by atoms with Gasteiger partial charge >= 0.3 is 5.97 Å². The van der Waals surface area contributed by atoms with E-state index in [-0.39, 0.29) is 18.2 Å². The number of benzene rings is 1. The molecule has 174 valence electrons. The van der Waals surface area contributed by atoms with Gasteiger partial charge in [-0.3, -0.25) is 9.78 Å². The Labute approximate surface area is 203 Å². The van der Waals surface area contributed by atoms with Crippen LogP contribution in [-0.2, 0) is 9.53 Å². The number of fused-ring (bicyclic) bond motifs is 1. The summed E-state index contributed by atoms with van der Waals surface area (Å²) in [4.78, 5) is 22.0. The van der Waals surface area contributed by atoms with E-state index < -0.39 is 0 Å². The summed E-state index contributed by atoms with van der Waals surface area (Å²) in [5.74, 6) is -0.532. The lowest BCUT2D eigenvalue weighted by molar-refractivity contribution is -0.140. The predicted octanol–water partition coefficient (Wildman–Crippen LogP) is 6.47. The zero-order valence-electron chi connectivity index (χ0n) is 19.3. The molecule has 0 spiro atoms. The van der Waals surface area contributed by atoms with Gasteiger partial charge in [-0.15, -0.1) is 0 Å². The third-order valence-electron chi connectivity index (χ3n) is 4.78. The first-order chi connectivity index (χ1) is 15.9. The summed E-state index contributed by atoms with van der Waals surface area (Å²) in [5, 5.41) is 1.92. The van der Waals surface area contributed by atoms with Crippen molar-refractivity contribution >= 4 is 41.3 Å². The molecule has 0 N–H and O–H groups in total. The summed E-state index contributed by atoms with van der Waals surface area (Å²) >= 11 is 3.10. The first-order valence-electron chi connectivity index (χ1n) is 10.7. The van der Waals surface area contributed by atoms with Gasteiger partial charge in [-0.1, -0.05) is 56.4 Å².